The molecule has 0 aliphatic carbocycles. The van der Waals surface area contributed by atoms with E-state index in [2.05, 4.69) is 24.0 Å². The number of nitrogens with zero attached hydrogens (tertiary/aromatic N) is 1. The summed E-state index contributed by atoms with van der Waals surface area (Å²) in [7, 11) is 1.82. The minimum Gasteiger partial charge on any atom is -0.399 e. The van der Waals surface area contributed by atoms with E-state index < -0.39 is 0 Å². The highest BCUT2D eigenvalue weighted by Crippen LogP contribution is 2.23. The third-order valence-corrected chi connectivity index (χ3v) is 3.90. The van der Waals surface area contributed by atoms with Gasteiger partial charge in [0.25, 0.3) is 0 Å². The summed E-state index contributed by atoms with van der Waals surface area (Å²) in [6.07, 6.45) is 3.45. The fourth-order valence-corrected chi connectivity index (χ4v) is 2.70. The van der Waals surface area contributed by atoms with Gasteiger partial charge in [-0.2, -0.15) is 0 Å². The average Bonchev–Trinajstić information content (AvgIpc) is 2.37. The molecule has 1 aliphatic rings. The van der Waals surface area contributed by atoms with Crippen molar-refractivity contribution in [3.63, 3.8) is 0 Å². The van der Waals surface area contributed by atoms with Crippen LogP contribution in [0.5, 0.6) is 0 Å². The molecule has 1 aromatic rings. The predicted octanol–water partition coefficient (Wildman–Crippen LogP) is 2.31. The Hall–Kier alpha value is -1.06. The van der Waals surface area contributed by atoms with Crippen LogP contribution in [0.3, 0.4) is 0 Å². The van der Waals surface area contributed by atoms with Crippen molar-refractivity contribution in [2.24, 2.45) is 0 Å². The van der Waals surface area contributed by atoms with Gasteiger partial charge in [-0.3, -0.25) is 0 Å². The molecular formula is C15H24N2O. The predicted molar refractivity (Wildman–Crippen MR) is 75.6 cm³/mol. The smallest absolute Gasteiger partial charge is 0.0777 e. The number of anilines is 1. The van der Waals surface area contributed by atoms with Crippen molar-refractivity contribution in [1.29, 1.82) is 0 Å². The van der Waals surface area contributed by atoms with Crippen molar-refractivity contribution in [2.75, 3.05) is 32.5 Å². The molecule has 0 bridgehead atoms. The summed E-state index contributed by atoms with van der Waals surface area (Å²) in [6.45, 7) is 5.51. The molecule has 0 amide bonds. The first-order valence-electron chi connectivity index (χ1n) is 6.73. The van der Waals surface area contributed by atoms with Gasteiger partial charge in [0.05, 0.1) is 5.60 Å². The summed E-state index contributed by atoms with van der Waals surface area (Å²) in [4.78, 5) is 2.50. The van der Waals surface area contributed by atoms with Crippen molar-refractivity contribution in [1.82, 2.24) is 4.90 Å². The molecule has 1 aromatic carbocycles. The molecule has 1 aliphatic heterocycles. The minimum atomic E-state index is 0.0357. The summed E-state index contributed by atoms with van der Waals surface area (Å²) in [5, 5.41) is 0. The third-order valence-electron chi connectivity index (χ3n) is 3.90. The molecule has 0 saturated carbocycles. The van der Waals surface area contributed by atoms with Crippen LogP contribution >= 0.6 is 0 Å². The zero-order valence-corrected chi connectivity index (χ0v) is 11.5. The number of nitrogen functional groups attached to an aromatic ring is 1. The van der Waals surface area contributed by atoms with Crippen LogP contribution in [0, 0.1) is 0 Å². The second kappa shape index (κ2) is 5.72. The van der Waals surface area contributed by atoms with E-state index in [4.69, 9.17) is 10.5 Å². The Morgan fingerprint density at radius 1 is 1.44 bits per heavy atom. The van der Waals surface area contributed by atoms with Gasteiger partial charge in [-0.1, -0.05) is 12.1 Å². The van der Waals surface area contributed by atoms with E-state index >= 15 is 0 Å². The Morgan fingerprint density at radius 2 is 2.28 bits per heavy atom. The average molecular weight is 248 g/mol. The fraction of sp³-hybridized carbons (Fsp3) is 0.600. The Morgan fingerprint density at radius 3 is 3.00 bits per heavy atom. The summed E-state index contributed by atoms with van der Waals surface area (Å²) in [5.41, 5.74) is 8.01. The SMILES string of the molecule is COC1(C)CCCN(CCc2cccc(N)c2)C1. The van der Waals surface area contributed by atoms with Crippen molar-refractivity contribution in [3.8, 4) is 0 Å². The first-order valence-corrected chi connectivity index (χ1v) is 6.73. The third kappa shape index (κ3) is 3.47. The van der Waals surface area contributed by atoms with Gasteiger partial charge in [0.15, 0.2) is 0 Å². The lowest BCUT2D eigenvalue weighted by Crippen LogP contribution is -2.47. The molecule has 1 atom stereocenters. The van der Waals surface area contributed by atoms with Crippen LogP contribution in [-0.2, 0) is 11.2 Å². The second-order valence-corrected chi connectivity index (χ2v) is 5.53. The van der Waals surface area contributed by atoms with Gasteiger partial charge >= 0.3 is 0 Å². The van der Waals surface area contributed by atoms with Gasteiger partial charge in [0.1, 0.15) is 0 Å². The van der Waals surface area contributed by atoms with Gasteiger partial charge in [0, 0.05) is 25.9 Å². The number of piperidine rings is 1. The largest absolute Gasteiger partial charge is 0.399 e. The molecule has 1 fully saturated rings. The molecule has 0 radical (unpaired) electrons. The van der Waals surface area contributed by atoms with Crippen LogP contribution in [0.25, 0.3) is 0 Å². The molecule has 1 heterocycles. The van der Waals surface area contributed by atoms with E-state index in [1.54, 1.807) is 0 Å². The van der Waals surface area contributed by atoms with Crippen LogP contribution in [-0.4, -0.2) is 37.2 Å². The molecule has 0 spiro atoms. The number of hydrogen-bond donors (Lipinski definition) is 1. The van der Waals surface area contributed by atoms with E-state index in [-0.39, 0.29) is 5.60 Å². The normalized spacial score (nSPS) is 25.2. The van der Waals surface area contributed by atoms with Crippen LogP contribution in [0.4, 0.5) is 5.69 Å². The highest BCUT2D eigenvalue weighted by atomic mass is 16.5. The van der Waals surface area contributed by atoms with Gasteiger partial charge in [-0.15, -0.1) is 0 Å². The van der Waals surface area contributed by atoms with Gasteiger partial charge in [0.2, 0.25) is 0 Å². The molecule has 18 heavy (non-hydrogen) atoms. The molecule has 3 heteroatoms. The fourth-order valence-electron chi connectivity index (χ4n) is 2.70. The molecule has 0 aromatic heterocycles. The zero-order chi connectivity index (χ0) is 13.0. The summed E-state index contributed by atoms with van der Waals surface area (Å²) < 4.78 is 5.62. The Bertz CT molecular complexity index is 394. The summed E-state index contributed by atoms with van der Waals surface area (Å²) >= 11 is 0. The highest BCUT2D eigenvalue weighted by Gasteiger charge is 2.30. The van der Waals surface area contributed by atoms with Crippen LogP contribution < -0.4 is 5.73 Å². The van der Waals surface area contributed by atoms with Crippen molar-refractivity contribution in [3.05, 3.63) is 29.8 Å². The molecular weight excluding hydrogens is 224 g/mol. The zero-order valence-electron chi connectivity index (χ0n) is 11.5. The summed E-state index contributed by atoms with van der Waals surface area (Å²) in [5.74, 6) is 0. The first-order chi connectivity index (χ1) is 8.61. The van der Waals surface area contributed by atoms with Crippen LogP contribution in [0.1, 0.15) is 25.3 Å². The molecule has 1 unspecified atom stereocenters. The molecule has 3 nitrogen and oxygen atoms in total. The Kier molecular flexibility index (Phi) is 4.25. The molecule has 2 N–H and O–H groups in total. The Labute approximate surface area is 110 Å². The number of benzene rings is 1. The first kappa shape index (κ1) is 13.4. The quantitative estimate of drug-likeness (QED) is 0.831. The monoisotopic (exact) mass is 248 g/mol. The molecule has 100 valence electrons. The van der Waals surface area contributed by atoms with E-state index in [0.717, 1.165) is 31.6 Å². The van der Waals surface area contributed by atoms with E-state index in [1.165, 1.54) is 18.5 Å². The lowest BCUT2D eigenvalue weighted by atomic mass is 9.94. The van der Waals surface area contributed by atoms with Gasteiger partial charge < -0.3 is 15.4 Å². The lowest BCUT2D eigenvalue weighted by Gasteiger charge is -2.39. The number of nitrogens with two attached hydrogens (primary N) is 1. The number of ether oxygens (including phenoxy) is 1. The minimum absolute atomic E-state index is 0.0357. The maximum Gasteiger partial charge on any atom is 0.0777 e. The van der Waals surface area contributed by atoms with Crippen molar-refractivity contribution < 1.29 is 4.74 Å². The number of methoxy groups -OCH3 is 1. The summed E-state index contributed by atoms with van der Waals surface area (Å²) in [6, 6.07) is 8.18. The van der Waals surface area contributed by atoms with E-state index in [1.807, 2.05) is 19.2 Å². The second-order valence-electron chi connectivity index (χ2n) is 5.53. The standard InChI is InChI=1S/C15H24N2O/c1-15(18-2)8-4-9-17(12-15)10-7-13-5-3-6-14(16)11-13/h3,5-6,11H,4,7-10,12,16H2,1-2H3. The topological polar surface area (TPSA) is 38.5 Å². The van der Waals surface area contributed by atoms with Crippen LogP contribution in [0.2, 0.25) is 0 Å². The lowest BCUT2D eigenvalue weighted by molar-refractivity contribution is -0.0502. The molecule has 2 rings (SSSR count). The van der Waals surface area contributed by atoms with E-state index in [9.17, 15) is 0 Å². The van der Waals surface area contributed by atoms with Crippen LogP contribution in [0.15, 0.2) is 24.3 Å². The van der Waals surface area contributed by atoms with Crippen molar-refractivity contribution in [2.45, 2.75) is 31.8 Å². The van der Waals surface area contributed by atoms with Gasteiger partial charge in [-0.05, 0) is 50.4 Å². The Balaban J connectivity index is 1.87. The van der Waals surface area contributed by atoms with Crippen molar-refractivity contribution >= 4 is 5.69 Å². The number of rotatable bonds is 4. The highest BCUT2D eigenvalue weighted by molar-refractivity contribution is 5.40. The number of hydrogen-bond acceptors (Lipinski definition) is 3. The maximum atomic E-state index is 5.80. The molecule has 1 saturated heterocycles. The maximum absolute atomic E-state index is 5.80. The number of likely N-dealkylation sites (tertiary alicyclic amines) is 1. The van der Waals surface area contributed by atoms with E-state index in [0.29, 0.717) is 0 Å². The van der Waals surface area contributed by atoms with Gasteiger partial charge in [-0.25, -0.2) is 0 Å².